The van der Waals surface area contributed by atoms with Crippen LogP contribution in [0.2, 0.25) is 0 Å². The fourth-order valence-electron chi connectivity index (χ4n) is 5.07. The summed E-state index contributed by atoms with van der Waals surface area (Å²) in [5, 5.41) is 16.0. The van der Waals surface area contributed by atoms with Crippen molar-refractivity contribution in [3.8, 4) is 0 Å². The smallest absolute Gasteiger partial charge is 0.251 e. The van der Waals surface area contributed by atoms with E-state index in [2.05, 4.69) is 15.6 Å². The molecule has 2 aliphatic carbocycles. The highest BCUT2D eigenvalue weighted by Crippen LogP contribution is 2.41. The Morgan fingerprint density at radius 2 is 1.89 bits per heavy atom. The molecule has 2 heterocycles. The summed E-state index contributed by atoms with van der Waals surface area (Å²) in [6.45, 7) is 1.96. The summed E-state index contributed by atoms with van der Waals surface area (Å²) >= 11 is 0. The number of anilines is 2. The van der Waals surface area contributed by atoms with Gasteiger partial charge in [0.2, 0.25) is 11.8 Å². The number of hydrogen-bond acceptors (Lipinski definition) is 6. The Kier molecular flexibility index (Phi) is 7.02. The normalized spacial score (nSPS) is 22.7. The van der Waals surface area contributed by atoms with Crippen LogP contribution in [0.25, 0.3) is 0 Å². The first-order valence-electron chi connectivity index (χ1n) is 12.8. The van der Waals surface area contributed by atoms with Gasteiger partial charge in [-0.25, -0.2) is 0 Å². The number of hydrogen-bond donors (Lipinski definition) is 3. The lowest BCUT2D eigenvalue weighted by atomic mass is 9.93. The van der Waals surface area contributed by atoms with Crippen LogP contribution in [0.3, 0.4) is 0 Å². The zero-order chi connectivity index (χ0) is 25.2. The van der Waals surface area contributed by atoms with E-state index in [1.165, 1.54) is 4.90 Å². The summed E-state index contributed by atoms with van der Waals surface area (Å²) < 4.78 is 0. The Balaban J connectivity index is 1.35. The van der Waals surface area contributed by atoms with Crippen LogP contribution in [0.1, 0.15) is 67.4 Å². The van der Waals surface area contributed by atoms with Gasteiger partial charge < -0.3 is 20.6 Å². The number of amides is 3. The first-order valence-corrected chi connectivity index (χ1v) is 12.8. The number of carbonyl (C=O) groups is 3. The van der Waals surface area contributed by atoms with E-state index in [0.29, 0.717) is 16.9 Å². The van der Waals surface area contributed by atoms with Gasteiger partial charge in [-0.05, 0) is 75.3 Å². The zero-order valence-corrected chi connectivity index (χ0v) is 20.5. The average molecular weight is 492 g/mol. The summed E-state index contributed by atoms with van der Waals surface area (Å²) in [6.07, 6.45) is 8.12. The van der Waals surface area contributed by atoms with Gasteiger partial charge in [-0.3, -0.25) is 24.3 Å². The number of pyridine rings is 1. The maximum Gasteiger partial charge on any atom is 0.251 e. The van der Waals surface area contributed by atoms with E-state index in [-0.39, 0.29) is 55.0 Å². The van der Waals surface area contributed by atoms with Crippen molar-refractivity contribution in [1.82, 2.24) is 15.6 Å². The Bertz CT molecular complexity index is 1130. The average Bonchev–Trinajstić information content (AvgIpc) is 3.73. The lowest BCUT2D eigenvalue weighted by Crippen LogP contribution is -2.52. The minimum atomic E-state index is -0.260. The number of aliphatic hydroxyl groups excluding tert-OH is 1. The Labute approximate surface area is 210 Å². The molecule has 2 fully saturated rings. The minimum absolute atomic E-state index is 0.0371. The number of nitrogens with one attached hydrogen (secondary N) is 2. The van der Waals surface area contributed by atoms with Crippen LogP contribution in [0.15, 0.2) is 42.7 Å². The first-order chi connectivity index (χ1) is 17.4. The third-order valence-electron chi connectivity index (χ3n) is 7.33. The van der Waals surface area contributed by atoms with Gasteiger partial charge in [-0.2, -0.15) is 0 Å². The highest BCUT2D eigenvalue weighted by Gasteiger charge is 2.41. The molecule has 3 amide bonds. The van der Waals surface area contributed by atoms with Crippen molar-refractivity contribution in [2.75, 3.05) is 22.9 Å². The summed E-state index contributed by atoms with van der Waals surface area (Å²) in [5.41, 5.74) is 2.60. The SMILES string of the molecule is CC(NC(=O)c1ccc2c(c1)N(C(=O)CNC1CCC(O)CC1)CC(=O)N2C1CC1)c1cccnc1. The van der Waals surface area contributed by atoms with Crippen molar-refractivity contribution < 1.29 is 19.5 Å². The van der Waals surface area contributed by atoms with Gasteiger partial charge >= 0.3 is 0 Å². The van der Waals surface area contributed by atoms with E-state index in [1.807, 2.05) is 19.1 Å². The highest BCUT2D eigenvalue weighted by molar-refractivity contribution is 6.13. The molecule has 190 valence electrons. The molecule has 9 heteroatoms. The summed E-state index contributed by atoms with van der Waals surface area (Å²) in [6, 6.07) is 9.05. The standard InChI is InChI=1S/C27H33N5O4/c1-17(19-3-2-12-28-14-19)30-27(36)18-4-11-23-24(13-18)31(16-26(35)32(23)21-7-8-21)25(34)15-29-20-5-9-22(33)10-6-20/h2-4,11-14,17,20-22,29,33H,5-10,15-16H2,1H3,(H,30,36). The van der Waals surface area contributed by atoms with E-state index in [1.54, 1.807) is 35.5 Å². The molecule has 3 aliphatic rings. The third-order valence-corrected chi connectivity index (χ3v) is 7.33. The molecule has 1 unspecified atom stereocenters. The van der Waals surface area contributed by atoms with Crippen LogP contribution >= 0.6 is 0 Å². The first kappa shape index (κ1) is 24.4. The molecule has 0 spiro atoms. The van der Waals surface area contributed by atoms with E-state index >= 15 is 0 Å². The molecule has 0 radical (unpaired) electrons. The molecule has 1 aliphatic heterocycles. The van der Waals surface area contributed by atoms with Crippen LogP contribution in [-0.4, -0.2) is 59.1 Å². The lowest BCUT2D eigenvalue weighted by Gasteiger charge is -2.37. The topological polar surface area (TPSA) is 115 Å². The number of carbonyl (C=O) groups excluding carboxylic acids is 3. The molecule has 9 nitrogen and oxygen atoms in total. The Hall–Kier alpha value is -3.30. The number of fused-ring (bicyclic) bond motifs is 1. The second-order valence-electron chi connectivity index (χ2n) is 10.0. The summed E-state index contributed by atoms with van der Waals surface area (Å²) in [7, 11) is 0. The quantitative estimate of drug-likeness (QED) is 0.548. The maximum atomic E-state index is 13.3. The van der Waals surface area contributed by atoms with E-state index in [9.17, 15) is 19.5 Å². The number of nitrogens with zero attached hydrogens (tertiary/aromatic N) is 3. The fourth-order valence-corrected chi connectivity index (χ4v) is 5.07. The summed E-state index contributed by atoms with van der Waals surface area (Å²) in [5.74, 6) is -0.552. The fraction of sp³-hybridized carbons (Fsp3) is 0.481. The van der Waals surface area contributed by atoms with E-state index in [4.69, 9.17) is 0 Å². The number of rotatable bonds is 7. The predicted octanol–water partition coefficient (Wildman–Crippen LogP) is 2.31. The molecule has 2 saturated carbocycles. The number of aromatic nitrogens is 1. The molecule has 0 bridgehead atoms. The van der Waals surface area contributed by atoms with Crippen molar-refractivity contribution in [2.24, 2.45) is 0 Å². The van der Waals surface area contributed by atoms with Gasteiger partial charge in [0.15, 0.2) is 0 Å². The van der Waals surface area contributed by atoms with Crippen LogP contribution in [0.4, 0.5) is 11.4 Å². The van der Waals surface area contributed by atoms with Gasteiger partial charge in [0.25, 0.3) is 5.91 Å². The highest BCUT2D eigenvalue weighted by atomic mass is 16.3. The third kappa shape index (κ3) is 5.27. The van der Waals surface area contributed by atoms with Crippen molar-refractivity contribution in [2.45, 2.75) is 69.7 Å². The molecule has 1 aromatic carbocycles. The monoisotopic (exact) mass is 491 g/mol. The lowest BCUT2D eigenvalue weighted by molar-refractivity contribution is -0.122. The summed E-state index contributed by atoms with van der Waals surface area (Å²) in [4.78, 5) is 46.8. The zero-order valence-electron chi connectivity index (χ0n) is 20.5. The molecular weight excluding hydrogens is 458 g/mol. The second-order valence-corrected chi connectivity index (χ2v) is 10.0. The molecular formula is C27H33N5O4. The van der Waals surface area contributed by atoms with E-state index < -0.39 is 0 Å². The van der Waals surface area contributed by atoms with Crippen molar-refractivity contribution >= 4 is 29.1 Å². The molecule has 0 saturated heterocycles. The Morgan fingerprint density at radius 1 is 1.11 bits per heavy atom. The second kappa shape index (κ2) is 10.4. The van der Waals surface area contributed by atoms with Gasteiger partial charge in [-0.1, -0.05) is 6.07 Å². The largest absolute Gasteiger partial charge is 0.393 e. The molecule has 5 rings (SSSR count). The minimum Gasteiger partial charge on any atom is -0.393 e. The Morgan fingerprint density at radius 3 is 2.58 bits per heavy atom. The van der Waals surface area contributed by atoms with Crippen LogP contribution in [0, 0.1) is 0 Å². The maximum absolute atomic E-state index is 13.3. The van der Waals surface area contributed by atoms with Gasteiger partial charge in [0.1, 0.15) is 6.54 Å². The van der Waals surface area contributed by atoms with Crippen LogP contribution in [0.5, 0.6) is 0 Å². The molecule has 3 N–H and O–H groups in total. The van der Waals surface area contributed by atoms with Crippen LogP contribution < -0.4 is 20.4 Å². The van der Waals surface area contributed by atoms with Crippen LogP contribution in [-0.2, 0) is 9.59 Å². The van der Waals surface area contributed by atoms with E-state index in [0.717, 1.165) is 44.1 Å². The number of benzene rings is 1. The molecule has 36 heavy (non-hydrogen) atoms. The van der Waals surface area contributed by atoms with Gasteiger partial charge in [-0.15, -0.1) is 0 Å². The van der Waals surface area contributed by atoms with Gasteiger partial charge in [0.05, 0.1) is 30.1 Å². The van der Waals surface area contributed by atoms with Crippen molar-refractivity contribution in [3.63, 3.8) is 0 Å². The molecule has 2 aromatic rings. The predicted molar refractivity (Wildman–Crippen MR) is 136 cm³/mol. The van der Waals surface area contributed by atoms with Gasteiger partial charge in [0, 0.05) is 30.0 Å². The number of aliphatic hydroxyl groups is 1. The van der Waals surface area contributed by atoms with Crippen molar-refractivity contribution in [1.29, 1.82) is 0 Å². The molecule has 1 aromatic heterocycles. The molecule has 1 atom stereocenters. The van der Waals surface area contributed by atoms with Crippen molar-refractivity contribution in [3.05, 3.63) is 53.9 Å².